The Hall–Kier alpha value is -3.03. The summed E-state index contributed by atoms with van der Waals surface area (Å²) >= 11 is 6.35. The Morgan fingerprint density at radius 1 is 1.03 bits per heavy atom. The van der Waals surface area contributed by atoms with Crippen molar-refractivity contribution in [2.75, 3.05) is 33.5 Å². The lowest BCUT2D eigenvalue weighted by Crippen LogP contribution is -2.31. The molecule has 2 aromatic rings. The molecule has 1 unspecified atom stereocenters. The van der Waals surface area contributed by atoms with Crippen molar-refractivity contribution < 1.29 is 28.9 Å². The topological polar surface area (TPSA) is 85.3 Å². The molecule has 1 saturated heterocycles. The Balaban J connectivity index is 2.13. The van der Waals surface area contributed by atoms with Crippen LogP contribution in [0.1, 0.15) is 37.4 Å². The molecule has 33 heavy (non-hydrogen) atoms. The fraction of sp³-hybridized carbons (Fsp3) is 0.360. The molecule has 1 fully saturated rings. The van der Waals surface area contributed by atoms with Crippen LogP contribution in [-0.4, -0.2) is 55.2 Å². The number of aliphatic hydroxyl groups is 1. The maximum Gasteiger partial charge on any atom is 0.295 e. The molecule has 1 heterocycles. The Labute approximate surface area is 198 Å². The molecule has 0 saturated carbocycles. The number of Topliss-reactive ketones (excluding diaryl/α,β-unsaturated/α-hetero) is 1. The average molecular weight is 474 g/mol. The lowest BCUT2D eigenvalue weighted by atomic mass is 9.95. The number of carbonyl (C=O) groups is 2. The summed E-state index contributed by atoms with van der Waals surface area (Å²) in [5.41, 5.74) is 0.888. The standard InChI is InChI=1S/C25H28ClNO6/c1-4-32-17-9-7-16(8-10-17)22-21(24(29)25(30)27(22)13-6-14-31-3)23(28)19-15-18(33-5-2)11-12-20(19)26/h7-12,15,22,28H,4-6,13-14H2,1-3H3/b23-21+. The van der Waals surface area contributed by atoms with Gasteiger partial charge in [0.2, 0.25) is 0 Å². The summed E-state index contributed by atoms with van der Waals surface area (Å²) in [4.78, 5) is 27.5. The summed E-state index contributed by atoms with van der Waals surface area (Å²) in [6.07, 6.45) is 0.539. The van der Waals surface area contributed by atoms with Crippen LogP contribution in [0.15, 0.2) is 48.0 Å². The first kappa shape index (κ1) is 24.6. The molecule has 1 N–H and O–H groups in total. The fourth-order valence-corrected chi connectivity index (χ4v) is 4.04. The van der Waals surface area contributed by atoms with Crippen LogP contribution in [0.3, 0.4) is 0 Å². The number of hydrogen-bond acceptors (Lipinski definition) is 6. The number of benzene rings is 2. The summed E-state index contributed by atoms with van der Waals surface area (Å²) in [5.74, 6) is -0.612. The molecule has 1 atom stereocenters. The van der Waals surface area contributed by atoms with E-state index in [1.165, 1.54) is 4.90 Å². The quantitative estimate of drug-likeness (QED) is 0.235. The molecule has 0 aromatic heterocycles. The highest BCUT2D eigenvalue weighted by atomic mass is 35.5. The first-order valence-corrected chi connectivity index (χ1v) is 11.2. The maximum absolute atomic E-state index is 13.1. The van der Waals surface area contributed by atoms with Gasteiger partial charge in [-0.2, -0.15) is 0 Å². The van der Waals surface area contributed by atoms with Crippen LogP contribution >= 0.6 is 11.6 Å². The van der Waals surface area contributed by atoms with E-state index < -0.39 is 17.7 Å². The molecular weight excluding hydrogens is 446 g/mol. The van der Waals surface area contributed by atoms with E-state index in [2.05, 4.69) is 0 Å². The second-order valence-corrected chi connectivity index (χ2v) is 7.82. The molecule has 0 bridgehead atoms. The SMILES string of the molecule is CCOc1ccc(C2/C(=C(\O)c3cc(OCC)ccc3Cl)C(=O)C(=O)N2CCCOC)cc1. The monoisotopic (exact) mass is 473 g/mol. The van der Waals surface area contributed by atoms with Gasteiger partial charge in [0.25, 0.3) is 11.7 Å². The van der Waals surface area contributed by atoms with Gasteiger partial charge in [-0.3, -0.25) is 9.59 Å². The van der Waals surface area contributed by atoms with Gasteiger partial charge in [0.05, 0.1) is 29.9 Å². The Morgan fingerprint density at radius 3 is 2.30 bits per heavy atom. The van der Waals surface area contributed by atoms with E-state index in [9.17, 15) is 14.7 Å². The van der Waals surface area contributed by atoms with Crippen molar-refractivity contribution in [1.82, 2.24) is 4.90 Å². The van der Waals surface area contributed by atoms with Crippen molar-refractivity contribution in [3.05, 3.63) is 64.2 Å². The van der Waals surface area contributed by atoms with Crippen LogP contribution < -0.4 is 9.47 Å². The van der Waals surface area contributed by atoms with Crippen LogP contribution in [-0.2, 0) is 14.3 Å². The Kier molecular flexibility index (Phi) is 8.36. The molecule has 8 heteroatoms. The number of halogens is 1. The third-order valence-corrected chi connectivity index (χ3v) is 5.63. The zero-order chi connectivity index (χ0) is 24.0. The molecule has 3 rings (SSSR count). The lowest BCUT2D eigenvalue weighted by molar-refractivity contribution is -0.140. The highest BCUT2D eigenvalue weighted by molar-refractivity contribution is 6.47. The summed E-state index contributed by atoms with van der Waals surface area (Å²) < 4.78 is 16.1. The number of hydrogen-bond donors (Lipinski definition) is 1. The zero-order valence-electron chi connectivity index (χ0n) is 19.0. The van der Waals surface area contributed by atoms with Crippen molar-refractivity contribution >= 4 is 29.1 Å². The predicted molar refractivity (Wildman–Crippen MR) is 126 cm³/mol. The van der Waals surface area contributed by atoms with Crippen LogP contribution in [0.4, 0.5) is 0 Å². The minimum atomic E-state index is -0.774. The van der Waals surface area contributed by atoms with E-state index in [0.717, 1.165) is 0 Å². The highest BCUT2D eigenvalue weighted by Crippen LogP contribution is 2.41. The van der Waals surface area contributed by atoms with Crippen molar-refractivity contribution in [3.8, 4) is 11.5 Å². The molecule has 7 nitrogen and oxygen atoms in total. The number of ether oxygens (including phenoxy) is 3. The van der Waals surface area contributed by atoms with Gasteiger partial charge < -0.3 is 24.2 Å². The number of carbonyl (C=O) groups excluding carboxylic acids is 2. The maximum atomic E-state index is 13.1. The van der Waals surface area contributed by atoms with Crippen LogP contribution in [0, 0.1) is 0 Å². The normalized spacial score (nSPS) is 17.5. The predicted octanol–water partition coefficient (Wildman–Crippen LogP) is 4.60. The molecule has 176 valence electrons. The third kappa shape index (κ3) is 5.31. The number of amides is 1. The van der Waals surface area contributed by atoms with Gasteiger partial charge in [0, 0.05) is 25.8 Å². The van der Waals surface area contributed by atoms with Crippen molar-refractivity contribution in [1.29, 1.82) is 0 Å². The van der Waals surface area contributed by atoms with Gasteiger partial charge >= 0.3 is 0 Å². The average Bonchev–Trinajstić information content (AvgIpc) is 3.06. The molecule has 1 aliphatic heterocycles. The van der Waals surface area contributed by atoms with Crippen LogP contribution in [0.25, 0.3) is 5.76 Å². The summed E-state index contributed by atoms with van der Waals surface area (Å²) in [6, 6.07) is 11.2. The van der Waals surface area contributed by atoms with E-state index in [1.54, 1.807) is 49.6 Å². The second-order valence-electron chi connectivity index (χ2n) is 7.42. The van der Waals surface area contributed by atoms with Gasteiger partial charge in [0.15, 0.2) is 0 Å². The smallest absolute Gasteiger partial charge is 0.295 e. The largest absolute Gasteiger partial charge is 0.507 e. The number of aliphatic hydroxyl groups excluding tert-OH is 1. The number of nitrogens with zero attached hydrogens (tertiary/aromatic N) is 1. The van der Waals surface area contributed by atoms with Crippen molar-refractivity contribution in [2.45, 2.75) is 26.3 Å². The first-order chi connectivity index (χ1) is 15.9. The van der Waals surface area contributed by atoms with E-state index >= 15 is 0 Å². The van der Waals surface area contributed by atoms with E-state index in [4.69, 9.17) is 25.8 Å². The molecule has 1 amide bonds. The molecular formula is C25H28ClNO6. The van der Waals surface area contributed by atoms with E-state index in [0.29, 0.717) is 49.8 Å². The van der Waals surface area contributed by atoms with Crippen LogP contribution in [0.5, 0.6) is 11.5 Å². The summed E-state index contributed by atoms with van der Waals surface area (Å²) in [6.45, 7) is 5.40. The summed E-state index contributed by atoms with van der Waals surface area (Å²) in [7, 11) is 1.57. The number of ketones is 1. The molecule has 1 aliphatic rings. The highest BCUT2D eigenvalue weighted by Gasteiger charge is 2.46. The van der Waals surface area contributed by atoms with E-state index in [-0.39, 0.29) is 21.9 Å². The van der Waals surface area contributed by atoms with Gasteiger partial charge in [-0.1, -0.05) is 23.7 Å². The van der Waals surface area contributed by atoms with E-state index in [1.807, 2.05) is 13.8 Å². The van der Waals surface area contributed by atoms with Gasteiger partial charge in [-0.15, -0.1) is 0 Å². The summed E-state index contributed by atoms with van der Waals surface area (Å²) in [5, 5.41) is 11.5. The minimum Gasteiger partial charge on any atom is -0.507 e. The van der Waals surface area contributed by atoms with Crippen LogP contribution in [0.2, 0.25) is 5.02 Å². The molecule has 0 spiro atoms. The Bertz CT molecular complexity index is 1030. The van der Waals surface area contributed by atoms with Crippen molar-refractivity contribution in [2.24, 2.45) is 0 Å². The van der Waals surface area contributed by atoms with Gasteiger partial charge in [-0.25, -0.2) is 0 Å². The lowest BCUT2D eigenvalue weighted by Gasteiger charge is -2.25. The van der Waals surface area contributed by atoms with Crippen molar-refractivity contribution in [3.63, 3.8) is 0 Å². The fourth-order valence-electron chi connectivity index (χ4n) is 3.84. The second kappa shape index (κ2) is 11.2. The van der Waals surface area contributed by atoms with Gasteiger partial charge in [-0.05, 0) is 56.2 Å². The number of rotatable bonds is 10. The Morgan fingerprint density at radius 2 is 1.67 bits per heavy atom. The molecule has 2 aromatic carbocycles. The minimum absolute atomic E-state index is 0.0166. The van der Waals surface area contributed by atoms with Gasteiger partial charge in [0.1, 0.15) is 17.3 Å². The third-order valence-electron chi connectivity index (χ3n) is 5.30. The first-order valence-electron chi connectivity index (χ1n) is 10.9. The number of methoxy groups -OCH3 is 1. The molecule has 0 aliphatic carbocycles. The number of likely N-dealkylation sites (tertiary alicyclic amines) is 1. The zero-order valence-corrected chi connectivity index (χ0v) is 19.7. The molecule has 0 radical (unpaired) electrons.